The summed E-state index contributed by atoms with van der Waals surface area (Å²) in [7, 11) is 0. The molecule has 0 aromatic rings. The van der Waals surface area contributed by atoms with Crippen molar-refractivity contribution >= 4 is 0 Å². The fourth-order valence-electron chi connectivity index (χ4n) is 8.88. The Morgan fingerprint density at radius 1 is 1.00 bits per heavy atom. The van der Waals surface area contributed by atoms with Crippen molar-refractivity contribution in [1.82, 2.24) is 0 Å². The molecule has 182 valence electrons. The van der Waals surface area contributed by atoms with Crippen LogP contribution in [0.1, 0.15) is 78.6 Å². The van der Waals surface area contributed by atoms with Crippen molar-refractivity contribution in [1.29, 1.82) is 0 Å². The number of ether oxygens (including phenoxy) is 3. The van der Waals surface area contributed by atoms with Gasteiger partial charge in [-0.3, -0.25) is 0 Å². The summed E-state index contributed by atoms with van der Waals surface area (Å²) in [6.07, 6.45) is 12.6. The van der Waals surface area contributed by atoms with Crippen LogP contribution in [0, 0.1) is 34.5 Å². The Bertz CT molecular complexity index is 717. The largest absolute Gasteiger partial charge is 0.394 e. The fourth-order valence-corrected chi connectivity index (χ4v) is 8.88. The van der Waals surface area contributed by atoms with Gasteiger partial charge in [0.05, 0.1) is 38.1 Å². The first-order chi connectivity index (χ1) is 15.3. The Hall–Kier alpha value is -0.460. The lowest BCUT2D eigenvalue weighted by molar-refractivity contribution is -0.209. The Morgan fingerprint density at radius 2 is 1.78 bits per heavy atom. The molecule has 4 saturated carbocycles. The van der Waals surface area contributed by atoms with E-state index in [9.17, 15) is 5.11 Å². The molecule has 0 spiro atoms. The first-order valence-corrected chi connectivity index (χ1v) is 13.2. The van der Waals surface area contributed by atoms with Crippen LogP contribution in [0.15, 0.2) is 11.6 Å². The second-order valence-electron chi connectivity index (χ2n) is 12.0. The summed E-state index contributed by atoms with van der Waals surface area (Å²) in [6, 6.07) is 0. The van der Waals surface area contributed by atoms with Crippen LogP contribution in [0.2, 0.25) is 0 Å². The van der Waals surface area contributed by atoms with E-state index in [0.29, 0.717) is 55.0 Å². The maximum Gasteiger partial charge on any atom is 0.179 e. The molecule has 0 bridgehead atoms. The van der Waals surface area contributed by atoms with Crippen LogP contribution in [0.4, 0.5) is 0 Å². The standard InChI is InChI=1S/C27H44O5/c1-18(24-31-14-15-32-24)16-20-6-11-27(29)23-5-4-19-17-21(30-13-12-28)7-9-25(19,2)22(23)8-10-26(20,27)3/h16,19-24,28-29H,4-15,17H2,1-3H3/b18-16-/t19?,20-,21?,22+,23-,25+,26-,27-/m1/s1. The highest BCUT2D eigenvalue weighted by molar-refractivity contribution is 5.21. The number of hydrogen-bond acceptors (Lipinski definition) is 5. The van der Waals surface area contributed by atoms with E-state index < -0.39 is 5.60 Å². The minimum atomic E-state index is -0.563. The van der Waals surface area contributed by atoms with E-state index in [0.717, 1.165) is 38.5 Å². The highest BCUT2D eigenvalue weighted by Gasteiger charge is 2.66. The van der Waals surface area contributed by atoms with E-state index >= 15 is 0 Å². The number of fused-ring (bicyclic) bond motifs is 5. The van der Waals surface area contributed by atoms with Crippen molar-refractivity contribution in [3.63, 3.8) is 0 Å². The lowest BCUT2D eigenvalue weighted by Crippen LogP contribution is -2.62. The summed E-state index contributed by atoms with van der Waals surface area (Å²) >= 11 is 0. The van der Waals surface area contributed by atoms with Gasteiger partial charge in [0.1, 0.15) is 0 Å². The summed E-state index contributed by atoms with van der Waals surface area (Å²) in [4.78, 5) is 0. The molecule has 1 aliphatic heterocycles. The highest BCUT2D eigenvalue weighted by Crippen LogP contribution is 2.69. The molecular weight excluding hydrogens is 404 g/mol. The van der Waals surface area contributed by atoms with Crippen molar-refractivity contribution in [3.05, 3.63) is 11.6 Å². The van der Waals surface area contributed by atoms with E-state index in [4.69, 9.17) is 19.3 Å². The zero-order valence-electron chi connectivity index (χ0n) is 20.4. The summed E-state index contributed by atoms with van der Waals surface area (Å²) in [5, 5.41) is 21.5. The van der Waals surface area contributed by atoms with E-state index in [2.05, 4.69) is 26.8 Å². The molecule has 5 aliphatic rings. The van der Waals surface area contributed by atoms with Crippen molar-refractivity contribution in [3.8, 4) is 0 Å². The van der Waals surface area contributed by atoms with Crippen molar-refractivity contribution in [2.45, 2.75) is 96.6 Å². The first kappa shape index (κ1) is 23.3. The topological polar surface area (TPSA) is 68.2 Å². The van der Waals surface area contributed by atoms with Crippen LogP contribution in [-0.4, -0.2) is 54.6 Å². The smallest absolute Gasteiger partial charge is 0.179 e. The van der Waals surface area contributed by atoms with Gasteiger partial charge in [-0.1, -0.05) is 19.9 Å². The van der Waals surface area contributed by atoms with Gasteiger partial charge in [-0.15, -0.1) is 0 Å². The average molecular weight is 449 g/mol. The second kappa shape index (κ2) is 8.64. The molecule has 5 heteroatoms. The molecule has 1 heterocycles. The third-order valence-corrected chi connectivity index (χ3v) is 10.8. The number of rotatable bonds is 5. The molecule has 32 heavy (non-hydrogen) atoms. The maximum absolute atomic E-state index is 12.3. The number of aliphatic hydroxyl groups is 2. The summed E-state index contributed by atoms with van der Waals surface area (Å²) in [6.45, 7) is 8.95. The van der Waals surface area contributed by atoms with Crippen LogP contribution in [-0.2, 0) is 14.2 Å². The summed E-state index contributed by atoms with van der Waals surface area (Å²) < 4.78 is 17.4. The predicted octanol–water partition coefficient (Wildman–Crippen LogP) is 4.46. The number of allylic oxidation sites excluding steroid dienone is 1. The SMILES string of the molecule is C/C(=C/[C@H]1CC[C@@]2(O)[C@@H]3CCC4CC(OCCO)CC[C@]4(C)[C@H]3CC[C@]12C)C1OCCO1. The van der Waals surface area contributed by atoms with Crippen LogP contribution in [0.25, 0.3) is 0 Å². The molecule has 0 amide bonds. The lowest BCUT2D eigenvalue weighted by atomic mass is 9.43. The van der Waals surface area contributed by atoms with Gasteiger partial charge >= 0.3 is 0 Å². The molecule has 8 atom stereocenters. The molecule has 5 nitrogen and oxygen atoms in total. The quantitative estimate of drug-likeness (QED) is 0.608. The molecule has 2 unspecified atom stereocenters. The Balaban J connectivity index is 1.34. The normalized spacial score (nSPS) is 49.5. The van der Waals surface area contributed by atoms with Gasteiger partial charge in [-0.2, -0.15) is 0 Å². The van der Waals surface area contributed by atoms with Gasteiger partial charge in [0.25, 0.3) is 0 Å². The van der Waals surface area contributed by atoms with Crippen LogP contribution >= 0.6 is 0 Å². The molecule has 5 rings (SSSR count). The van der Waals surface area contributed by atoms with Gasteiger partial charge in [-0.25, -0.2) is 0 Å². The predicted molar refractivity (Wildman–Crippen MR) is 123 cm³/mol. The second-order valence-corrected chi connectivity index (χ2v) is 12.0. The van der Waals surface area contributed by atoms with Crippen molar-refractivity contribution < 1.29 is 24.4 Å². The third-order valence-electron chi connectivity index (χ3n) is 10.8. The molecule has 4 aliphatic carbocycles. The molecule has 1 saturated heterocycles. The molecule has 5 fully saturated rings. The first-order valence-electron chi connectivity index (χ1n) is 13.2. The van der Waals surface area contributed by atoms with Gasteiger partial charge in [0.15, 0.2) is 6.29 Å². The van der Waals surface area contributed by atoms with E-state index in [-0.39, 0.29) is 18.3 Å². The third kappa shape index (κ3) is 3.53. The zero-order valence-corrected chi connectivity index (χ0v) is 20.4. The molecular formula is C27H44O5. The summed E-state index contributed by atoms with van der Waals surface area (Å²) in [5.74, 6) is 2.11. The van der Waals surface area contributed by atoms with Crippen LogP contribution in [0.5, 0.6) is 0 Å². The van der Waals surface area contributed by atoms with E-state index in [1.54, 1.807) is 0 Å². The molecule has 2 N–H and O–H groups in total. The minimum Gasteiger partial charge on any atom is -0.394 e. The van der Waals surface area contributed by atoms with Gasteiger partial charge in [0.2, 0.25) is 0 Å². The highest BCUT2D eigenvalue weighted by atomic mass is 16.7. The van der Waals surface area contributed by atoms with Crippen molar-refractivity contribution in [2.75, 3.05) is 26.4 Å². The minimum absolute atomic E-state index is 0.0569. The Kier molecular flexibility index (Phi) is 6.29. The molecule has 0 radical (unpaired) electrons. The van der Waals surface area contributed by atoms with E-state index in [1.807, 2.05) is 0 Å². The molecule has 0 aromatic carbocycles. The fraction of sp³-hybridized carbons (Fsp3) is 0.926. The zero-order chi connectivity index (χ0) is 22.6. The lowest BCUT2D eigenvalue weighted by Gasteiger charge is -2.63. The Morgan fingerprint density at radius 3 is 2.53 bits per heavy atom. The van der Waals surface area contributed by atoms with Crippen molar-refractivity contribution in [2.24, 2.45) is 34.5 Å². The summed E-state index contributed by atoms with van der Waals surface area (Å²) in [5.41, 5.74) is 0.872. The number of aliphatic hydroxyl groups excluding tert-OH is 1. The van der Waals surface area contributed by atoms with Crippen LogP contribution < -0.4 is 0 Å². The van der Waals surface area contributed by atoms with Gasteiger partial charge in [0, 0.05) is 5.41 Å². The number of hydrogen-bond donors (Lipinski definition) is 2. The van der Waals surface area contributed by atoms with E-state index in [1.165, 1.54) is 24.8 Å². The average Bonchev–Trinajstić information content (AvgIpc) is 3.40. The van der Waals surface area contributed by atoms with Gasteiger partial charge < -0.3 is 24.4 Å². The molecule has 0 aromatic heterocycles. The Labute approximate surface area is 193 Å². The van der Waals surface area contributed by atoms with Crippen LogP contribution in [0.3, 0.4) is 0 Å². The monoisotopic (exact) mass is 448 g/mol. The van der Waals surface area contributed by atoms with Gasteiger partial charge in [-0.05, 0) is 99.4 Å². The maximum atomic E-state index is 12.3.